The van der Waals surface area contributed by atoms with Crippen molar-refractivity contribution in [3.05, 3.63) is 309 Å². The molecule has 514 valence electrons. The first-order valence-electron chi connectivity index (χ1n) is 37.6. The van der Waals surface area contributed by atoms with Gasteiger partial charge in [-0.05, 0) is 199 Å². The van der Waals surface area contributed by atoms with E-state index in [9.17, 15) is 0 Å². The summed E-state index contributed by atoms with van der Waals surface area (Å²) in [6, 6.07) is 84.6. The van der Waals surface area contributed by atoms with Crippen molar-refractivity contribution >= 4 is 58.4 Å². The average molecular weight is 1340 g/mol. The van der Waals surface area contributed by atoms with Crippen molar-refractivity contribution in [1.82, 2.24) is 0 Å². The lowest BCUT2D eigenvalue weighted by Gasteiger charge is -2.25. The van der Waals surface area contributed by atoms with Crippen LogP contribution in [0.3, 0.4) is 0 Å². The fraction of sp³-hybridized carbons (Fsp3) is 0.265. The Bertz CT molecular complexity index is 4410. The van der Waals surface area contributed by atoms with Crippen LogP contribution in [0.4, 0.5) is 34.1 Å². The summed E-state index contributed by atoms with van der Waals surface area (Å²) in [5.74, 6) is 28.6. The second-order valence-corrected chi connectivity index (χ2v) is 26.5. The number of unbranched alkanes of at least 4 members (excludes halogenated alkanes) is 18. The van der Waals surface area contributed by atoms with E-state index in [0.717, 1.165) is 138 Å². The lowest BCUT2D eigenvalue weighted by molar-refractivity contribution is 0.303. The fourth-order valence-electron chi connectivity index (χ4n) is 12.5. The van der Waals surface area contributed by atoms with Gasteiger partial charge in [0.2, 0.25) is 0 Å². The second-order valence-electron chi connectivity index (χ2n) is 26.5. The highest BCUT2D eigenvalue weighted by Crippen LogP contribution is 2.37. The minimum atomic E-state index is 0.617. The zero-order valence-corrected chi connectivity index (χ0v) is 60.7. The van der Waals surface area contributed by atoms with Crippen LogP contribution in [0.25, 0.3) is 24.3 Å². The molecule has 0 unspecified atom stereocenters. The Morgan fingerprint density at radius 3 is 0.863 bits per heavy atom. The maximum absolute atomic E-state index is 6.62. The second kappa shape index (κ2) is 41.6. The smallest absolute Gasteiger partial charge is 0.136 e. The predicted octanol–water partition coefficient (Wildman–Crippen LogP) is 26.4. The quantitative estimate of drug-likeness (QED) is 0.0228. The molecule has 0 aliphatic heterocycles. The molecule has 0 bridgehead atoms. The van der Waals surface area contributed by atoms with Gasteiger partial charge in [-0.2, -0.15) is 0 Å². The normalized spacial score (nSPS) is 10.8. The molecule has 0 spiro atoms. The Labute approximate surface area is 611 Å². The van der Waals surface area contributed by atoms with E-state index in [2.05, 4.69) is 352 Å². The summed E-state index contributed by atoms with van der Waals surface area (Å²) in [6.07, 6.45) is 33.9. The number of hydrogen-bond donors (Lipinski definition) is 0. The van der Waals surface area contributed by atoms with Crippen LogP contribution >= 0.6 is 0 Å². The number of hydrogen-bond acceptors (Lipinski definition) is 4. The van der Waals surface area contributed by atoms with Gasteiger partial charge in [-0.25, -0.2) is 0 Å². The summed E-state index contributed by atoms with van der Waals surface area (Å²) in [6.45, 7) is 9.99. The van der Waals surface area contributed by atoms with Crippen molar-refractivity contribution in [3.8, 4) is 58.9 Å². The number of rotatable bonds is 34. The highest BCUT2D eigenvalue weighted by atomic mass is 16.5. The van der Waals surface area contributed by atoms with Crippen LogP contribution in [-0.2, 0) is 0 Å². The summed E-state index contributed by atoms with van der Waals surface area (Å²) >= 11 is 0. The highest BCUT2D eigenvalue weighted by Gasteiger charge is 2.15. The molecule has 10 aromatic rings. The lowest BCUT2D eigenvalue weighted by atomic mass is 10.0. The number of para-hydroxylation sites is 4. The van der Waals surface area contributed by atoms with Crippen LogP contribution in [0.2, 0.25) is 0 Å². The van der Waals surface area contributed by atoms with E-state index < -0.39 is 0 Å². The minimum absolute atomic E-state index is 0.617. The fourth-order valence-corrected chi connectivity index (χ4v) is 12.5. The van der Waals surface area contributed by atoms with Gasteiger partial charge in [-0.3, -0.25) is 0 Å². The summed E-state index contributed by atoms with van der Waals surface area (Å²) < 4.78 is 13.2. The largest absolute Gasteiger partial charge is 0.492 e. The third kappa shape index (κ3) is 23.9. The first-order valence-corrected chi connectivity index (χ1v) is 37.6. The SMILES string of the molecule is CCCCCCCCCCCCOc1cc(C#Cc2ccc(/C=C/c3ccc(N(c4ccccc4)c4ccccc4)cc3)cc2)c(C)cc1C#CC#Cc1cc(OCCCCCCCCCCCC)c(C#Cc2ccc(/C=C/c3ccc(N(c4ccccc4)c4ccccc4)cc3)cc2)cc1C. The molecule has 0 saturated carbocycles. The van der Waals surface area contributed by atoms with Gasteiger partial charge in [-0.1, -0.05) is 305 Å². The highest BCUT2D eigenvalue weighted by molar-refractivity contribution is 5.80. The molecule has 0 aliphatic rings. The number of nitrogens with zero attached hydrogens (tertiary/aromatic N) is 2. The van der Waals surface area contributed by atoms with E-state index in [1.807, 2.05) is 0 Å². The van der Waals surface area contributed by atoms with E-state index >= 15 is 0 Å². The van der Waals surface area contributed by atoms with Crippen molar-refractivity contribution in [2.24, 2.45) is 0 Å². The van der Waals surface area contributed by atoms with Gasteiger partial charge in [0.05, 0.1) is 24.3 Å². The number of benzene rings is 10. The molecular weight excluding hydrogens is 1240 g/mol. The Hall–Kier alpha value is -10.9. The molecule has 10 aromatic carbocycles. The molecule has 4 heteroatoms. The molecule has 102 heavy (non-hydrogen) atoms. The van der Waals surface area contributed by atoms with Gasteiger partial charge in [0, 0.05) is 56.4 Å². The Morgan fingerprint density at radius 1 is 0.265 bits per heavy atom. The molecule has 0 amide bonds. The van der Waals surface area contributed by atoms with E-state index in [1.54, 1.807) is 0 Å². The third-order valence-corrected chi connectivity index (χ3v) is 18.4. The maximum atomic E-state index is 6.62. The van der Waals surface area contributed by atoms with Crippen molar-refractivity contribution in [3.63, 3.8) is 0 Å². The van der Waals surface area contributed by atoms with Crippen LogP contribution in [0.15, 0.2) is 243 Å². The van der Waals surface area contributed by atoms with Gasteiger partial charge < -0.3 is 19.3 Å². The summed E-state index contributed by atoms with van der Waals surface area (Å²) in [5, 5.41) is 0. The first-order chi connectivity index (χ1) is 50.4. The Kier molecular flexibility index (Phi) is 30.1. The van der Waals surface area contributed by atoms with Crippen LogP contribution in [-0.4, -0.2) is 13.2 Å². The zero-order chi connectivity index (χ0) is 70.4. The van der Waals surface area contributed by atoms with E-state index in [4.69, 9.17) is 9.47 Å². The molecule has 0 radical (unpaired) electrons. The van der Waals surface area contributed by atoms with Crippen LogP contribution in [0.1, 0.15) is 209 Å². The molecule has 0 aromatic heterocycles. The van der Waals surface area contributed by atoms with Crippen molar-refractivity contribution in [2.45, 2.75) is 156 Å². The molecule has 0 heterocycles. The Balaban J connectivity index is 0.821. The number of aryl methyl sites for hydroxylation is 2. The topological polar surface area (TPSA) is 24.9 Å². The minimum Gasteiger partial charge on any atom is -0.492 e. The average Bonchev–Trinajstić information content (AvgIpc) is 0.530. The molecule has 0 aliphatic carbocycles. The lowest BCUT2D eigenvalue weighted by Crippen LogP contribution is -2.09. The van der Waals surface area contributed by atoms with Gasteiger partial charge in [-0.15, -0.1) is 0 Å². The third-order valence-electron chi connectivity index (χ3n) is 18.4. The molecule has 10 rings (SSSR count). The Morgan fingerprint density at radius 2 is 0.529 bits per heavy atom. The van der Waals surface area contributed by atoms with Gasteiger partial charge >= 0.3 is 0 Å². The molecule has 4 nitrogen and oxygen atoms in total. The van der Waals surface area contributed by atoms with Crippen molar-refractivity contribution in [1.29, 1.82) is 0 Å². The van der Waals surface area contributed by atoms with Crippen LogP contribution in [0, 0.1) is 61.2 Å². The molecule has 0 N–H and O–H groups in total. The first kappa shape index (κ1) is 73.8. The summed E-state index contributed by atoms with van der Waals surface area (Å²) in [5.41, 5.74) is 18.5. The standard InChI is InChI=1S/C98H100N2O2/c1-5-7-9-11-13-15-17-19-21-37-73-101-97-78-88(67-61-83-55-49-81(50-56-83)53-59-85-63-69-95(70-64-85)99(91-41-27-23-28-42-91)92-43-29-24-30-44-92)80(4)75-89(97)40-36-35-39-87-77-98(102-74-38-22-20-18-16-14-12-10-8-6-2)90(76-79(87)3)68-62-84-57-51-82(52-58-84)54-60-86-65-71-96(72-66-86)100(93-45-31-25-32-46-93)94-47-33-26-34-48-94/h23-34,41-60,63-66,69-72,75-78H,5-22,37-38,73-74H2,1-4H3/b59-53+,60-54+. The van der Waals surface area contributed by atoms with Crippen molar-refractivity contribution < 1.29 is 9.47 Å². The van der Waals surface area contributed by atoms with Crippen molar-refractivity contribution in [2.75, 3.05) is 23.0 Å². The maximum Gasteiger partial charge on any atom is 0.136 e. The van der Waals surface area contributed by atoms with Gasteiger partial charge in [0.1, 0.15) is 11.5 Å². The monoisotopic (exact) mass is 1340 g/mol. The predicted molar refractivity (Wildman–Crippen MR) is 436 cm³/mol. The zero-order valence-electron chi connectivity index (χ0n) is 60.7. The number of anilines is 6. The van der Waals surface area contributed by atoms with Crippen LogP contribution < -0.4 is 19.3 Å². The number of ether oxygens (including phenoxy) is 2. The van der Waals surface area contributed by atoms with Gasteiger partial charge in [0.15, 0.2) is 0 Å². The van der Waals surface area contributed by atoms with Gasteiger partial charge in [0.25, 0.3) is 0 Å². The van der Waals surface area contributed by atoms with E-state index in [0.29, 0.717) is 13.2 Å². The molecule has 0 saturated heterocycles. The van der Waals surface area contributed by atoms with E-state index in [1.165, 1.54) is 103 Å². The summed E-state index contributed by atoms with van der Waals surface area (Å²) in [4.78, 5) is 4.56. The van der Waals surface area contributed by atoms with Crippen LogP contribution in [0.5, 0.6) is 11.5 Å². The molecule has 0 atom stereocenters. The summed E-state index contributed by atoms with van der Waals surface area (Å²) in [7, 11) is 0. The molecule has 0 fully saturated rings. The molecular formula is C98H100N2O2. The van der Waals surface area contributed by atoms with E-state index in [-0.39, 0.29) is 0 Å².